The summed E-state index contributed by atoms with van der Waals surface area (Å²) in [6.45, 7) is 8.07. The second kappa shape index (κ2) is 4.78. The molecule has 1 amide bonds. The number of rotatable bonds is 4. The molecule has 0 spiro atoms. The van der Waals surface area contributed by atoms with E-state index in [1.54, 1.807) is 0 Å². The van der Waals surface area contributed by atoms with Crippen LogP contribution in [-0.2, 0) is 4.79 Å². The van der Waals surface area contributed by atoms with Crippen molar-refractivity contribution < 1.29 is 4.79 Å². The molecule has 1 rings (SSSR count). The van der Waals surface area contributed by atoms with Gasteiger partial charge in [-0.05, 0) is 18.3 Å². The maximum atomic E-state index is 11.6. The first-order chi connectivity index (χ1) is 6.54. The van der Waals surface area contributed by atoms with Crippen molar-refractivity contribution in [2.45, 2.75) is 39.7 Å². The third-order valence-corrected chi connectivity index (χ3v) is 3.17. The second-order valence-corrected chi connectivity index (χ2v) is 4.68. The van der Waals surface area contributed by atoms with Crippen LogP contribution in [0.25, 0.3) is 0 Å². The second-order valence-electron chi connectivity index (χ2n) is 4.68. The predicted octanol–water partition coefficient (Wildman–Crippen LogP) is 1.23. The van der Waals surface area contributed by atoms with Gasteiger partial charge in [-0.15, -0.1) is 0 Å². The average Bonchev–Trinajstić information content (AvgIpc) is 2.48. The van der Waals surface area contributed by atoms with E-state index < -0.39 is 0 Å². The van der Waals surface area contributed by atoms with E-state index in [0.717, 1.165) is 19.5 Å². The van der Waals surface area contributed by atoms with Gasteiger partial charge < -0.3 is 10.6 Å². The number of nitrogens with zero attached hydrogens (tertiary/aromatic N) is 1. The van der Waals surface area contributed by atoms with Gasteiger partial charge in [0.1, 0.15) is 0 Å². The highest BCUT2D eigenvalue weighted by molar-refractivity contribution is 5.78. The van der Waals surface area contributed by atoms with Gasteiger partial charge >= 0.3 is 0 Å². The summed E-state index contributed by atoms with van der Waals surface area (Å²) in [5, 5.41) is 0. The summed E-state index contributed by atoms with van der Waals surface area (Å²) < 4.78 is 0. The molecule has 82 valence electrons. The van der Waals surface area contributed by atoms with Crippen LogP contribution in [0.1, 0.15) is 33.6 Å². The monoisotopic (exact) mass is 198 g/mol. The minimum Gasteiger partial charge on any atom is -0.341 e. The Labute approximate surface area is 86.6 Å². The van der Waals surface area contributed by atoms with E-state index in [1.165, 1.54) is 0 Å². The minimum atomic E-state index is 0.143. The highest BCUT2D eigenvalue weighted by Crippen LogP contribution is 2.24. The number of hydrogen-bond donors (Lipinski definition) is 1. The Morgan fingerprint density at radius 1 is 1.57 bits per heavy atom. The molecule has 0 aromatic rings. The molecular formula is C11H22N2O. The van der Waals surface area contributed by atoms with Crippen LogP contribution in [0.15, 0.2) is 0 Å². The molecule has 0 saturated carbocycles. The van der Waals surface area contributed by atoms with E-state index in [-0.39, 0.29) is 11.9 Å². The molecule has 0 aromatic carbocycles. The van der Waals surface area contributed by atoms with E-state index >= 15 is 0 Å². The van der Waals surface area contributed by atoms with Crippen LogP contribution in [0.5, 0.6) is 0 Å². The van der Waals surface area contributed by atoms with Crippen LogP contribution in [-0.4, -0.2) is 29.9 Å². The first kappa shape index (κ1) is 11.5. The number of likely N-dealkylation sites (tertiary alicyclic amines) is 1. The summed E-state index contributed by atoms with van der Waals surface area (Å²) in [6.07, 6.45) is 1.66. The normalized spacial score (nSPS) is 24.8. The highest BCUT2D eigenvalue weighted by atomic mass is 16.2. The van der Waals surface area contributed by atoms with Crippen LogP contribution in [0.4, 0.5) is 0 Å². The van der Waals surface area contributed by atoms with Gasteiger partial charge in [-0.3, -0.25) is 4.79 Å². The van der Waals surface area contributed by atoms with Crippen molar-refractivity contribution in [2.75, 3.05) is 13.1 Å². The molecule has 1 aliphatic heterocycles. The molecule has 1 aliphatic rings. The summed E-state index contributed by atoms with van der Waals surface area (Å²) >= 11 is 0. The zero-order valence-electron chi connectivity index (χ0n) is 9.49. The molecule has 0 aromatic heterocycles. The molecule has 1 heterocycles. The Balaban J connectivity index is 2.44. The van der Waals surface area contributed by atoms with Crippen LogP contribution in [0, 0.1) is 11.8 Å². The third kappa shape index (κ3) is 2.71. The lowest BCUT2D eigenvalue weighted by Gasteiger charge is -2.21. The Kier molecular flexibility index (Phi) is 3.93. The zero-order chi connectivity index (χ0) is 10.7. The van der Waals surface area contributed by atoms with Crippen molar-refractivity contribution in [3.8, 4) is 0 Å². The highest BCUT2D eigenvalue weighted by Gasteiger charge is 2.31. The molecule has 1 saturated heterocycles. The fourth-order valence-corrected chi connectivity index (χ4v) is 1.84. The number of hydrogen-bond acceptors (Lipinski definition) is 2. The number of carbonyl (C=O) groups is 1. The fourth-order valence-electron chi connectivity index (χ4n) is 1.84. The Morgan fingerprint density at radius 3 is 2.64 bits per heavy atom. The first-order valence-electron chi connectivity index (χ1n) is 5.58. The molecule has 14 heavy (non-hydrogen) atoms. The Morgan fingerprint density at radius 2 is 2.21 bits per heavy atom. The lowest BCUT2D eigenvalue weighted by molar-refractivity contribution is -0.127. The minimum absolute atomic E-state index is 0.143. The lowest BCUT2D eigenvalue weighted by Crippen LogP contribution is -2.38. The summed E-state index contributed by atoms with van der Waals surface area (Å²) in [4.78, 5) is 13.5. The topological polar surface area (TPSA) is 46.3 Å². The Bertz CT molecular complexity index is 203. The van der Waals surface area contributed by atoms with E-state index in [0.29, 0.717) is 18.3 Å². The van der Waals surface area contributed by atoms with E-state index in [2.05, 4.69) is 20.8 Å². The molecule has 0 aliphatic carbocycles. The molecular weight excluding hydrogens is 176 g/mol. The zero-order valence-corrected chi connectivity index (χ0v) is 9.49. The van der Waals surface area contributed by atoms with Gasteiger partial charge in [0.25, 0.3) is 0 Å². The standard InChI is InChI=1S/C11H22N2O/c1-4-10(12)7-13-6-9(8(2)3)5-11(13)14/h8-10H,4-7,12H2,1-3H3. The first-order valence-corrected chi connectivity index (χ1v) is 5.58. The van der Waals surface area contributed by atoms with Gasteiger partial charge in [-0.25, -0.2) is 0 Å². The van der Waals surface area contributed by atoms with Gasteiger partial charge in [0.2, 0.25) is 5.91 Å². The van der Waals surface area contributed by atoms with Crippen molar-refractivity contribution in [1.29, 1.82) is 0 Å². The van der Waals surface area contributed by atoms with E-state index in [9.17, 15) is 4.79 Å². The molecule has 2 unspecified atom stereocenters. The summed E-state index contributed by atoms with van der Waals surface area (Å²) in [6, 6.07) is 0.143. The SMILES string of the molecule is CCC(N)CN1CC(C(C)C)CC1=O. The number of amides is 1. The lowest BCUT2D eigenvalue weighted by atomic mass is 9.95. The van der Waals surface area contributed by atoms with Crippen molar-refractivity contribution >= 4 is 5.91 Å². The number of nitrogens with two attached hydrogens (primary N) is 1. The molecule has 2 atom stereocenters. The van der Waals surface area contributed by atoms with Crippen molar-refractivity contribution in [3.05, 3.63) is 0 Å². The van der Waals surface area contributed by atoms with Crippen LogP contribution >= 0.6 is 0 Å². The van der Waals surface area contributed by atoms with Crippen molar-refractivity contribution in [1.82, 2.24) is 4.90 Å². The van der Waals surface area contributed by atoms with Crippen molar-refractivity contribution in [2.24, 2.45) is 17.6 Å². The van der Waals surface area contributed by atoms with Gasteiger partial charge in [0, 0.05) is 25.6 Å². The molecule has 0 bridgehead atoms. The van der Waals surface area contributed by atoms with Gasteiger partial charge in [0.05, 0.1) is 0 Å². The fraction of sp³-hybridized carbons (Fsp3) is 0.909. The molecule has 2 N–H and O–H groups in total. The average molecular weight is 198 g/mol. The van der Waals surface area contributed by atoms with Crippen LogP contribution in [0.2, 0.25) is 0 Å². The van der Waals surface area contributed by atoms with Gasteiger partial charge in [-0.2, -0.15) is 0 Å². The summed E-state index contributed by atoms with van der Waals surface area (Å²) in [5.41, 5.74) is 5.84. The van der Waals surface area contributed by atoms with Crippen molar-refractivity contribution in [3.63, 3.8) is 0 Å². The largest absolute Gasteiger partial charge is 0.341 e. The maximum absolute atomic E-state index is 11.6. The number of carbonyl (C=O) groups excluding carboxylic acids is 1. The molecule has 1 fully saturated rings. The van der Waals surface area contributed by atoms with Crippen LogP contribution in [0.3, 0.4) is 0 Å². The quantitative estimate of drug-likeness (QED) is 0.738. The molecule has 0 radical (unpaired) electrons. The Hall–Kier alpha value is -0.570. The predicted molar refractivity (Wildman–Crippen MR) is 57.8 cm³/mol. The third-order valence-electron chi connectivity index (χ3n) is 3.17. The molecule has 3 heteroatoms. The smallest absolute Gasteiger partial charge is 0.222 e. The maximum Gasteiger partial charge on any atom is 0.222 e. The van der Waals surface area contributed by atoms with E-state index in [1.807, 2.05) is 4.90 Å². The van der Waals surface area contributed by atoms with Gasteiger partial charge in [-0.1, -0.05) is 20.8 Å². The van der Waals surface area contributed by atoms with Gasteiger partial charge in [0.15, 0.2) is 0 Å². The molecule has 3 nitrogen and oxygen atoms in total. The summed E-state index contributed by atoms with van der Waals surface area (Å²) in [5.74, 6) is 1.42. The van der Waals surface area contributed by atoms with Crippen LogP contribution < -0.4 is 5.73 Å². The van der Waals surface area contributed by atoms with E-state index in [4.69, 9.17) is 5.73 Å². The summed E-state index contributed by atoms with van der Waals surface area (Å²) in [7, 11) is 0.